The molecular weight excluding hydrogens is 190 g/mol. The maximum atomic E-state index is 9.74. The van der Waals surface area contributed by atoms with E-state index in [-0.39, 0.29) is 6.10 Å². The summed E-state index contributed by atoms with van der Waals surface area (Å²) in [6.07, 6.45) is 0.262. The molecule has 0 aromatic heterocycles. The standard InChI is InChI=1S/C12H19NO2/c1-3-13-9-11(14)8-10-6-4-5-7-12(10)15-2/h4-7,11,13-14H,3,8-9H2,1-2H3. The van der Waals surface area contributed by atoms with E-state index in [2.05, 4.69) is 5.32 Å². The molecule has 0 saturated carbocycles. The van der Waals surface area contributed by atoms with Gasteiger partial charge < -0.3 is 15.2 Å². The van der Waals surface area contributed by atoms with E-state index >= 15 is 0 Å². The Morgan fingerprint density at radius 3 is 2.80 bits per heavy atom. The molecule has 1 rings (SSSR count). The van der Waals surface area contributed by atoms with E-state index < -0.39 is 0 Å². The van der Waals surface area contributed by atoms with Crippen LogP contribution in [0.25, 0.3) is 0 Å². The van der Waals surface area contributed by atoms with Crippen molar-refractivity contribution < 1.29 is 9.84 Å². The van der Waals surface area contributed by atoms with Crippen LogP contribution in [0.15, 0.2) is 24.3 Å². The second kappa shape index (κ2) is 6.43. The van der Waals surface area contributed by atoms with Crippen LogP contribution in [0.5, 0.6) is 5.75 Å². The van der Waals surface area contributed by atoms with E-state index in [9.17, 15) is 5.11 Å². The normalized spacial score (nSPS) is 12.5. The Bertz CT molecular complexity index is 289. The SMILES string of the molecule is CCNCC(O)Cc1ccccc1OC. The molecule has 3 nitrogen and oxygen atoms in total. The van der Waals surface area contributed by atoms with Crippen LogP contribution < -0.4 is 10.1 Å². The van der Waals surface area contributed by atoms with Crippen molar-refractivity contribution in [1.82, 2.24) is 5.32 Å². The Kier molecular flexibility index (Phi) is 5.15. The lowest BCUT2D eigenvalue weighted by atomic mass is 10.1. The molecule has 1 unspecified atom stereocenters. The number of aliphatic hydroxyl groups is 1. The molecule has 0 bridgehead atoms. The zero-order valence-corrected chi connectivity index (χ0v) is 9.36. The van der Waals surface area contributed by atoms with Crippen molar-refractivity contribution in [3.8, 4) is 5.75 Å². The number of hydrogen-bond acceptors (Lipinski definition) is 3. The second-order valence-corrected chi connectivity index (χ2v) is 3.48. The molecule has 84 valence electrons. The number of methoxy groups -OCH3 is 1. The monoisotopic (exact) mass is 209 g/mol. The van der Waals surface area contributed by atoms with E-state index in [0.717, 1.165) is 17.9 Å². The summed E-state index contributed by atoms with van der Waals surface area (Å²) < 4.78 is 5.22. The summed E-state index contributed by atoms with van der Waals surface area (Å²) in [6.45, 7) is 3.52. The number of aliphatic hydroxyl groups excluding tert-OH is 1. The van der Waals surface area contributed by atoms with Gasteiger partial charge >= 0.3 is 0 Å². The van der Waals surface area contributed by atoms with Crippen LogP contribution in [0.4, 0.5) is 0 Å². The fourth-order valence-electron chi connectivity index (χ4n) is 1.51. The highest BCUT2D eigenvalue weighted by Crippen LogP contribution is 2.18. The fourth-order valence-corrected chi connectivity index (χ4v) is 1.51. The number of ether oxygens (including phenoxy) is 1. The molecule has 15 heavy (non-hydrogen) atoms. The zero-order chi connectivity index (χ0) is 11.1. The highest BCUT2D eigenvalue weighted by Gasteiger charge is 2.08. The smallest absolute Gasteiger partial charge is 0.122 e. The minimum atomic E-state index is -0.360. The van der Waals surface area contributed by atoms with Gasteiger partial charge in [0.05, 0.1) is 13.2 Å². The summed E-state index contributed by atoms with van der Waals surface area (Å²) in [4.78, 5) is 0. The van der Waals surface area contributed by atoms with Crippen molar-refractivity contribution in [1.29, 1.82) is 0 Å². The van der Waals surface area contributed by atoms with Crippen molar-refractivity contribution in [2.45, 2.75) is 19.4 Å². The molecule has 0 saturated heterocycles. The van der Waals surface area contributed by atoms with Gasteiger partial charge in [0.15, 0.2) is 0 Å². The molecule has 2 N–H and O–H groups in total. The zero-order valence-electron chi connectivity index (χ0n) is 9.36. The van der Waals surface area contributed by atoms with Gasteiger partial charge in [-0.1, -0.05) is 25.1 Å². The quantitative estimate of drug-likeness (QED) is 0.740. The van der Waals surface area contributed by atoms with Gasteiger partial charge in [0, 0.05) is 13.0 Å². The van der Waals surface area contributed by atoms with E-state index in [1.54, 1.807) is 7.11 Å². The van der Waals surface area contributed by atoms with Crippen molar-refractivity contribution in [3.63, 3.8) is 0 Å². The summed E-state index contributed by atoms with van der Waals surface area (Å²) in [7, 11) is 1.65. The van der Waals surface area contributed by atoms with Crippen LogP contribution in [0, 0.1) is 0 Å². The van der Waals surface area contributed by atoms with Crippen LogP contribution in [-0.2, 0) is 6.42 Å². The third kappa shape index (κ3) is 3.90. The minimum absolute atomic E-state index is 0.360. The summed E-state index contributed by atoms with van der Waals surface area (Å²) in [5.41, 5.74) is 1.05. The van der Waals surface area contributed by atoms with E-state index in [1.807, 2.05) is 31.2 Å². The van der Waals surface area contributed by atoms with Gasteiger partial charge in [0.1, 0.15) is 5.75 Å². The summed E-state index contributed by atoms with van der Waals surface area (Å²) >= 11 is 0. The molecule has 0 radical (unpaired) electrons. The van der Waals surface area contributed by atoms with Crippen LogP contribution in [0.3, 0.4) is 0 Å². The lowest BCUT2D eigenvalue weighted by Crippen LogP contribution is -2.28. The molecule has 0 fully saturated rings. The van der Waals surface area contributed by atoms with E-state index in [4.69, 9.17) is 4.74 Å². The number of benzene rings is 1. The van der Waals surface area contributed by atoms with Gasteiger partial charge in [0.25, 0.3) is 0 Å². The van der Waals surface area contributed by atoms with Gasteiger partial charge in [0.2, 0.25) is 0 Å². The lowest BCUT2D eigenvalue weighted by molar-refractivity contribution is 0.171. The summed E-state index contributed by atoms with van der Waals surface area (Å²) in [5, 5.41) is 12.9. The molecule has 0 heterocycles. The molecule has 3 heteroatoms. The molecule has 0 spiro atoms. The molecule has 1 atom stereocenters. The van der Waals surface area contributed by atoms with Crippen molar-refractivity contribution in [2.75, 3.05) is 20.2 Å². The number of hydrogen-bond donors (Lipinski definition) is 2. The first-order chi connectivity index (χ1) is 7.27. The predicted octanol–water partition coefficient (Wildman–Crippen LogP) is 1.21. The summed E-state index contributed by atoms with van der Waals surface area (Å²) in [5.74, 6) is 0.841. The molecule has 0 amide bonds. The highest BCUT2D eigenvalue weighted by atomic mass is 16.5. The number of likely N-dealkylation sites (N-methyl/N-ethyl adjacent to an activating group) is 1. The van der Waals surface area contributed by atoms with Gasteiger partial charge in [-0.15, -0.1) is 0 Å². The predicted molar refractivity (Wildman–Crippen MR) is 61.2 cm³/mol. The van der Waals surface area contributed by atoms with Crippen LogP contribution in [0.2, 0.25) is 0 Å². The van der Waals surface area contributed by atoms with Crippen LogP contribution in [-0.4, -0.2) is 31.4 Å². The molecule has 0 aliphatic rings. The van der Waals surface area contributed by atoms with Gasteiger partial charge in [-0.3, -0.25) is 0 Å². The first-order valence-corrected chi connectivity index (χ1v) is 5.28. The van der Waals surface area contributed by atoms with E-state index in [0.29, 0.717) is 13.0 Å². The molecule has 0 aliphatic carbocycles. The fraction of sp³-hybridized carbons (Fsp3) is 0.500. The Morgan fingerprint density at radius 2 is 2.13 bits per heavy atom. The summed E-state index contributed by atoms with van der Waals surface area (Å²) in [6, 6.07) is 7.78. The molecule has 1 aromatic rings. The third-order valence-corrected chi connectivity index (χ3v) is 2.28. The second-order valence-electron chi connectivity index (χ2n) is 3.48. The third-order valence-electron chi connectivity index (χ3n) is 2.28. The maximum absolute atomic E-state index is 9.74. The highest BCUT2D eigenvalue weighted by molar-refractivity contribution is 5.33. The van der Waals surface area contributed by atoms with E-state index in [1.165, 1.54) is 0 Å². The minimum Gasteiger partial charge on any atom is -0.496 e. The first-order valence-electron chi connectivity index (χ1n) is 5.28. The average molecular weight is 209 g/mol. The number of rotatable bonds is 6. The first kappa shape index (κ1) is 12.0. The topological polar surface area (TPSA) is 41.5 Å². The van der Waals surface area contributed by atoms with Crippen molar-refractivity contribution >= 4 is 0 Å². The van der Waals surface area contributed by atoms with Gasteiger partial charge in [-0.2, -0.15) is 0 Å². The van der Waals surface area contributed by atoms with Crippen LogP contribution >= 0.6 is 0 Å². The number of para-hydroxylation sites is 1. The van der Waals surface area contributed by atoms with Crippen LogP contribution in [0.1, 0.15) is 12.5 Å². The Labute approximate surface area is 91.1 Å². The lowest BCUT2D eigenvalue weighted by Gasteiger charge is -2.13. The van der Waals surface area contributed by atoms with Crippen molar-refractivity contribution in [2.24, 2.45) is 0 Å². The molecule has 0 aliphatic heterocycles. The van der Waals surface area contributed by atoms with Crippen molar-refractivity contribution in [3.05, 3.63) is 29.8 Å². The largest absolute Gasteiger partial charge is 0.496 e. The Hall–Kier alpha value is -1.06. The van der Waals surface area contributed by atoms with Gasteiger partial charge in [-0.05, 0) is 18.2 Å². The Morgan fingerprint density at radius 1 is 1.40 bits per heavy atom. The van der Waals surface area contributed by atoms with Gasteiger partial charge in [-0.25, -0.2) is 0 Å². The molecule has 1 aromatic carbocycles. The molecular formula is C12H19NO2. The average Bonchev–Trinajstić information content (AvgIpc) is 2.27. The Balaban J connectivity index is 2.55. The number of nitrogens with one attached hydrogen (secondary N) is 1. The maximum Gasteiger partial charge on any atom is 0.122 e.